The highest BCUT2D eigenvalue weighted by Gasteiger charge is 2.16. The Morgan fingerprint density at radius 2 is 1.71 bits per heavy atom. The van der Waals surface area contributed by atoms with Crippen molar-refractivity contribution in [3.05, 3.63) is 87.4 Å². The molecule has 0 saturated heterocycles. The van der Waals surface area contributed by atoms with Crippen LogP contribution in [0.4, 0.5) is 5.69 Å². The predicted molar refractivity (Wildman–Crippen MR) is 130 cm³/mol. The molecule has 0 fully saturated rings. The van der Waals surface area contributed by atoms with Gasteiger partial charge < -0.3 is 14.8 Å². The Labute approximate surface area is 205 Å². The summed E-state index contributed by atoms with van der Waals surface area (Å²) < 4.78 is 10.7. The van der Waals surface area contributed by atoms with Crippen LogP contribution in [0, 0.1) is 6.92 Å². The van der Waals surface area contributed by atoms with Gasteiger partial charge in [-0.05, 0) is 55.0 Å². The molecule has 3 aromatic carbocycles. The van der Waals surface area contributed by atoms with Gasteiger partial charge in [-0.1, -0.05) is 47.0 Å². The first-order chi connectivity index (χ1) is 16.3. The standard InChI is InChI=1S/C24H19Cl2N3O5/c1-14-5-3-6-16(11-14)24(32)34-19-10-9-15(12-20(19)33-2)13-27-29-23(31)22(30)28-18-8-4-7-17(25)21(18)26/h3-13H,1-2H3,(H,28,30)(H,29,31)/b27-13+. The van der Waals surface area contributed by atoms with Gasteiger partial charge >= 0.3 is 17.8 Å². The third kappa shape index (κ3) is 6.34. The number of nitrogens with one attached hydrogen (secondary N) is 2. The Balaban J connectivity index is 1.62. The van der Waals surface area contributed by atoms with Crippen molar-refractivity contribution in [3.63, 3.8) is 0 Å². The van der Waals surface area contributed by atoms with Crippen LogP contribution in [0.5, 0.6) is 11.5 Å². The van der Waals surface area contributed by atoms with Crippen LogP contribution in [-0.2, 0) is 9.59 Å². The summed E-state index contributed by atoms with van der Waals surface area (Å²) in [6.45, 7) is 1.88. The van der Waals surface area contributed by atoms with Crippen molar-refractivity contribution in [2.75, 3.05) is 12.4 Å². The minimum atomic E-state index is -1.01. The molecule has 0 aliphatic heterocycles. The SMILES string of the molecule is COc1cc(/C=N/NC(=O)C(=O)Nc2cccc(Cl)c2Cl)ccc1OC(=O)c1cccc(C)c1. The van der Waals surface area contributed by atoms with Gasteiger partial charge in [0.2, 0.25) is 0 Å². The lowest BCUT2D eigenvalue weighted by atomic mass is 10.1. The van der Waals surface area contributed by atoms with E-state index in [4.69, 9.17) is 32.7 Å². The second-order valence-corrected chi connectivity index (χ2v) is 7.71. The highest BCUT2D eigenvalue weighted by molar-refractivity contribution is 6.45. The van der Waals surface area contributed by atoms with Crippen LogP contribution in [-0.4, -0.2) is 31.1 Å². The van der Waals surface area contributed by atoms with Crippen molar-refractivity contribution < 1.29 is 23.9 Å². The molecule has 0 bridgehead atoms. The number of amides is 2. The summed E-state index contributed by atoms with van der Waals surface area (Å²) in [7, 11) is 1.42. The molecular formula is C24H19Cl2N3O5. The molecule has 2 N–H and O–H groups in total. The smallest absolute Gasteiger partial charge is 0.343 e. The molecule has 174 valence electrons. The van der Waals surface area contributed by atoms with Gasteiger partial charge in [-0.3, -0.25) is 9.59 Å². The number of hydrazone groups is 1. The average Bonchev–Trinajstić information content (AvgIpc) is 2.82. The zero-order valence-corrected chi connectivity index (χ0v) is 19.6. The van der Waals surface area contributed by atoms with E-state index in [1.165, 1.54) is 25.5 Å². The number of carbonyl (C=O) groups is 3. The van der Waals surface area contributed by atoms with Crippen molar-refractivity contribution >= 4 is 52.9 Å². The molecule has 8 nitrogen and oxygen atoms in total. The number of benzene rings is 3. The second kappa shape index (κ2) is 11.3. The molecule has 34 heavy (non-hydrogen) atoms. The summed E-state index contributed by atoms with van der Waals surface area (Å²) in [6.07, 6.45) is 1.30. The van der Waals surface area contributed by atoms with Crippen molar-refractivity contribution in [1.29, 1.82) is 0 Å². The zero-order valence-electron chi connectivity index (χ0n) is 18.1. The first-order valence-electron chi connectivity index (χ1n) is 9.83. The van der Waals surface area contributed by atoms with Crippen LogP contribution in [0.3, 0.4) is 0 Å². The molecule has 2 amide bonds. The van der Waals surface area contributed by atoms with Gasteiger partial charge in [0.25, 0.3) is 0 Å². The van der Waals surface area contributed by atoms with Crippen molar-refractivity contribution in [2.24, 2.45) is 5.10 Å². The van der Waals surface area contributed by atoms with E-state index in [0.717, 1.165) is 5.56 Å². The summed E-state index contributed by atoms with van der Waals surface area (Å²) in [5.41, 5.74) is 4.17. The van der Waals surface area contributed by atoms with E-state index in [9.17, 15) is 14.4 Å². The van der Waals surface area contributed by atoms with Crippen LogP contribution in [0.2, 0.25) is 10.0 Å². The maximum absolute atomic E-state index is 12.4. The van der Waals surface area contributed by atoms with Gasteiger partial charge in [0.05, 0.1) is 34.6 Å². The molecule has 0 radical (unpaired) electrons. The first kappa shape index (κ1) is 24.8. The number of carbonyl (C=O) groups excluding carboxylic acids is 3. The minimum Gasteiger partial charge on any atom is -0.493 e. The Bertz CT molecular complexity index is 1280. The maximum Gasteiger partial charge on any atom is 0.343 e. The number of methoxy groups -OCH3 is 1. The number of aryl methyl sites for hydroxylation is 1. The van der Waals surface area contributed by atoms with E-state index in [2.05, 4.69) is 15.8 Å². The van der Waals surface area contributed by atoms with Crippen molar-refractivity contribution in [2.45, 2.75) is 6.92 Å². The Kier molecular flexibility index (Phi) is 8.24. The van der Waals surface area contributed by atoms with E-state index in [0.29, 0.717) is 11.1 Å². The van der Waals surface area contributed by atoms with E-state index >= 15 is 0 Å². The number of hydrogen-bond donors (Lipinski definition) is 2. The fourth-order valence-corrected chi connectivity index (χ4v) is 3.12. The molecule has 0 aliphatic rings. The van der Waals surface area contributed by atoms with Crippen LogP contribution >= 0.6 is 23.2 Å². The monoisotopic (exact) mass is 499 g/mol. The number of esters is 1. The van der Waals surface area contributed by atoms with Gasteiger partial charge in [-0.25, -0.2) is 10.2 Å². The van der Waals surface area contributed by atoms with Crippen LogP contribution < -0.4 is 20.2 Å². The molecule has 0 atom stereocenters. The summed E-state index contributed by atoms with van der Waals surface area (Å²) in [5.74, 6) is -2.01. The molecule has 3 aromatic rings. The maximum atomic E-state index is 12.4. The van der Waals surface area contributed by atoms with Gasteiger partial charge in [0.1, 0.15) is 0 Å². The lowest BCUT2D eigenvalue weighted by molar-refractivity contribution is -0.136. The van der Waals surface area contributed by atoms with E-state index < -0.39 is 17.8 Å². The zero-order chi connectivity index (χ0) is 24.7. The molecule has 3 rings (SSSR count). The largest absolute Gasteiger partial charge is 0.493 e. The van der Waals surface area contributed by atoms with E-state index in [1.807, 2.05) is 13.0 Å². The third-order valence-electron chi connectivity index (χ3n) is 4.43. The topological polar surface area (TPSA) is 106 Å². The van der Waals surface area contributed by atoms with Crippen molar-refractivity contribution in [1.82, 2.24) is 5.43 Å². The molecule has 0 saturated carbocycles. The molecule has 0 spiro atoms. The normalized spacial score (nSPS) is 10.6. The van der Waals surface area contributed by atoms with Crippen LogP contribution in [0.15, 0.2) is 65.8 Å². The lowest BCUT2D eigenvalue weighted by Gasteiger charge is -2.10. The van der Waals surface area contributed by atoms with Crippen LogP contribution in [0.25, 0.3) is 0 Å². The van der Waals surface area contributed by atoms with E-state index in [-0.39, 0.29) is 27.2 Å². The van der Waals surface area contributed by atoms with E-state index in [1.54, 1.807) is 42.5 Å². The number of halogens is 2. The number of nitrogens with zero attached hydrogens (tertiary/aromatic N) is 1. The predicted octanol–water partition coefficient (Wildman–Crippen LogP) is 4.62. The highest BCUT2D eigenvalue weighted by Crippen LogP contribution is 2.30. The summed E-state index contributed by atoms with van der Waals surface area (Å²) in [5, 5.41) is 6.46. The van der Waals surface area contributed by atoms with Gasteiger partial charge in [-0.2, -0.15) is 5.10 Å². The molecule has 0 aromatic heterocycles. The minimum absolute atomic E-state index is 0.115. The first-order valence-corrected chi connectivity index (χ1v) is 10.6. The Morgan fingerprint density at radius 1 is 0.941 bits per heavy atom. The summed E-state index contributed by atoms with van der Waals surface area (Å²) >= 11 is 11.9. The second-order valence-electron chi connectivity index (χ2n) is 6.92. The van der Waals surface area contributed by atoms with Gasteiger partial charge in [-0.15, -0.1) is 0 Å². The van der Waals surface area contributed by atoms with Gasteiger partial charge in [0, 0.05) is 0 Å². The Morgan fingerprint density at radius 3 is 2.44 bits per heavy atom. The molecular weight excluding hydrogens is 481 g/mol. The molecule has 0 aliphatic carbocycles. The lowest BCUT2D eigenvalue weighted by Crippen LogP contribution is -2.32. The number of ether oxygens (including phenoxy) is 2. The van der Waals surface area contributed by atoms with Gasteiger partial charge in [0.15, 0.2) is 11.5 Å². The third-order valence-corrected chi connectivity index (χ3v) is 5.25. The summed E-state index contributed by atoms with van der Waals surface area (Å²) in [6, 6.07) is 16.3. The molecule has 0 heterocycles. The number of rotatable bonds is 6. The Hall–Kier alpha value is -3.88. The fraction of sp³-hybridized carbons (Fsp3) is 0.0833. The van der Waals surface area contributed by atoms with Crippen molar-refractivity contribution in [3.8, 4) is 11.5 Å². The molecule has 10 heteroatoms. The quantitative estimate of drug-likeness (QED) is 0.169. The number of hydrogen-bond acceptors (Lipinski definition) is 6. The number of anilines is 1. The average molecular weight is 500 g/mol. The van der Waals surface area contributed by atoms with Crippen LogP contribution in [0.1, 0.15) is 21.5 Å². The summed E-state index contributed by atoms with van der Waals surface area (Å²) in [4.78, 5) is 36.4. The molecule has 0 unspecified atom stereocenters. The highest BCUT2D eigenvalue weighted by atomic mass is 35.5. The fourth-order valence-electron chi connectivity index (χ4n) is 2.78.